The Kier molecular flexibility index (Phi) is 18.3. The highest BCUT2D eigenvalue weighted by Gasteiger charge is 2.28. The van der Waals surface area contributed by atoms with Crippen molar-refractivity contribution in [2.24, 2.45) is 20.5 Å². The number of amides is 4. The first-order chi connectivity index (χ1) is 31.7. The Morgan fingerprint density at radius 1 is 0.561 bits per heavy atom. The highest BCUT2D eigenvalue weighted by atomic mass is 35.5. The number of halogens is 4. The van der Waals surface area contributed by atoms with Crippen LogP contribution < -0.4 is 30.7 Å². The van der Waals surface area contributed by atoms with Crippen molar-refractivity contribution >= 4 is 116 Å². The van der Waals surface area contributed by atoms with Crippen molar-refractivity contribution in [3.8, 4) is 11.5 Å². The molecule has 0 saturated heterocycles. The van der Waals surface area contributed by atoms with Crippen LogP contribution in [0.1, 0.15) is 45.7 Å². The highest BCUT2D eigenvalue weighted by molar-refractivity contribution is 6.37. The van der Waals surface area contributed by atoms with Crippen molar-refractivity contribution in [1.29, 1.82) is 0 Å². The summed E-state index contributed by atoms with van der Waals surface area (Å²) in [6, 6.07) is 22.5. The van der Waals surface area contributed by atoms with Gasteiger partial charge in [-0.1, -0.05) is 71.7 Å². The molecular formula is C46H42Cl4N8O8. The first kappa shape index (κ1) is 50.3. The second-order valence-electron chi connectivity index (χ2n) is 14.1. The summed E-state index contributed by atoms with van der Waals surface area (Å²) in [6.45, 7) is 2.28. The topological polar surface area (TPSA) is 218 Å². The smallest absolute Gasteiger partial charge is 0.259 e. The molecule has 342 valence electrons. The van der Waals surface area contributed by atoms with Crippen molar-refractivity contribution in [1.82, 2.24) is 0 Å². The maximum Gasteiger partial charge on any atom is 0.259 e. The van der Waals surface area contributed by atoms with E-state index in [1.807, 2.05) is 24.3 Å². The molecule has 5 aromatic carbocycles. The fourth-order valence-corrected chi connectivity index (χ4v) is 7.14. The molecule has 4 N–H and O–H groups in total. The van der Waals surface area contributed by atoms with Gasteiger partial charge in [0.15, 0.2) is 11.6 Å². The van der Waals surface area contributed by atoms with E-state index in [1.54, 1.807) is 24.3 Å². The van der Waals surface area contributed by atoms with Crippen LogP contribution in [0.15, 0.2) is 118 Å². The van der Waals surface area contributed by atoms with Crippen LogP contribution >= 0.6 is 46.4 Å². The van der Waals surface area contributed by atoms with E-state index in [1.165, 1.54) is 62.8 Å². The molecule has 0 bridgehead atoms. The quantitative estimate of drug-likeness (QED) is 0.0333. The molecule has 4 amide bonds. The van der Waals surface area contributed by atoms with E-state index >= 15 is 0 Å². The monoisotopic (exact) mass is 974 g/mol. The van der Waals surface area contributed by atoms with Gasteiger partial charge in [-0.15, -0.1) is 23.2 Å². The first-order valence-corrected chi connectivity index (χ1v) is 21.7. The van der Waals surface area contributed by atoms with Crippen molar-refractivity contribution in [3.63, 3.8) is 0 Å². The fourth-order valence-electron chi connectivity index (χ4n) is 6.23. The van der Waals surface area contributed by atoms with Gasteiger partial charge in [-0.05, 0) is 74.2 Å². The van der Waals surface area contributed by atoms with E-state index in [0.717, 1.165) is 25.0 Å². The Balaban J connectivity index is 1.31. The van der Waals surface area contributed by atoms with Gasteiger partial charge in [0.05, 0.1) is 35.4 Å². The van der Waals surface area contributed by atoms with Gasteiger partial charge < -0.3 is 30.7 Å². The number of methoxy groups -OCH3 is 2. The van der Waals surface area contributed by atoms with Crippen LogP contribution in [0.5, 0.6) is 11.5 Å². The molecule has 0 fully saturated rings. The van der Waals surface area contributed by atoms with E-state index in [-0.39, 0.29) is 55.4 Å². The Bertz CT molecular complexity index is 2690. The average molecular weight is 977 g/mol. The Morgan fingerprint density at radius 3 is 1.36 bits per heavy atom. The lowest BCUT2D eigenvalue weighted by Crippen LogP contribution is -2.32. The van der Waals surface area contributed by atoms with Crippen LogP contribution in [0.25, 0.3) is 0 Å². The number of anilines is 4. The number of ether oxygens (including phenoxy) is 2. The number of Topliss-reactive ketones (excluding diaryl/α,β-unsaturated/α-hetero) is 2. The second kappa shape index (κ2) is 24.0. The molecule has 5 rings (SSSR count). The number of azo groups is 2. The van der Waals surface area contributed by atoms with Gasteiger partial charge in [0, 0.05) is 41.0 Å². The van der Waals surface area contributed by atoms with Gasteiger partial charge in [-0.2, -0.15) is 20.5 Å². The lowest BCUT2D eigenvalue weighted by atomic mass is 10.1. The lowest BCUT2D eigenvalue weighted by Gasteiger charge is -2.18. The molecule has 0 aromatic heterocycles. The van der Waals surface area contributed by atoms with Gasteiger partial charge in [-0.3, -0.25) is 28.8 Å². The van der Waals surface area contributed by atoms with Gasteiger partial charge >= 0.3 is 0 Å². The number of carbonyl (C=O) groups is 6. The van der Waals surface area contributed by atoms with Crippen LogP contribution in [0.2, 0.25) is 10.0 Å². The summed E-state index contributed by atoms with van der Waals surface area (Å²) in [7, 11) is 2.56. The lowest BCUT2D eigenvalue weighted by molar-refractivity contribution is -0.127. The molecule has 0 aliphatic heterocycles. The molecule has 0 spiro atoms. The number of nitrogens with zero attached hydrogens (tertiary/aromatic N) is 4. The molecule has 66 heavy (non-hydrogen) atoms. The molecule has 0 radical (unpaired) electrons. The van der Waals surface area contributed by atoms with Crippen LogP contribution in [-0.4, -0.2) is 73.3 Å². The summed E-state index contributed by atoms with van der Waals surface area (Å²) in [5.74, 6) is -3.62. The zero-order chi connectivity index (χ0) is 47.9. The molecule has 0 heterocycles. The molecule has 2 unspecified atom stereocenters. The number of hydrogen-bond acceptors (Lipinski definition) is 12. The summed E-state index contributed by atoms with van der Waals surface area (Å²) >= 11 is 25.0. The largest absolute Gasteiger partial charge is 0.494 e. The third-order valence-electron chi connectivity index (χ3n) is 9.55. The Morgan fingerprint density at radius 2 is 0.970 bits per heavy atom. The van der Waals surface area contributed by atoms with E-state index in [0.29, 0.717) is 36.0 Å². The fraction of sp³-hybridized carbons (Fsp3) is 0.217. The van der Waals surface area contributed by atoms with Gasteiger partial charge in [0.25, 0.3) is 23.6 Å². The molecule has 2 atom stereocenters. The maximum absolute atomic E-state index is 13.6. The van der Waals surface area contributed by atoms with E-state index in [9.17, 15) is 28.8 Å². The highest BCUT2D eigenvalue weighted by Crippen LogP contribution is 2.39. The van der Waals surface area contributed by atoms with E-state index in [2.05, 4.69) is 41.7 Å². The van der Waals surface area contributed by atoms with Gasteiger partial charge in [0.1, 0.15) is 28.6 Å². The minimum absolute atomic E-state index is 0.0103. The van der Waals surface area contributed by atoms with Crippen molar-refractivity contribution in [2.75, 3.05) is 47.2 Å². The minimum atomic E-state index is -1.70. The number of aryl methyl sites for hydroxylation is 2. The third kappa shape index (κ3) is 12.8. The number of nitrogens with one attached hydrogen (secondary N) is 4. The van der Waals surface area contributed by atoms with Gasteiger partial charge in [-0.25, -0.2) is 0 Å². The minimum Gasteiger partial charge on any atom is -0.494 e. The van der Waals surface area contributed by atoms with Crippen LogP contribution in [0.4, 0.5) is 34.1 Å². The zero-order valence-corrected chi connectivity index (χ0v) is 38.8. The van der Waals surface area contributed by atoms with Crippen LogP contribution in [0.3, 0.4) is 0 Å². The SMILES string of the molecule is COc1cc(NC(=O)C(N=Nc2cccc(C(=O)Nc3ccccc3CCCl)c2Cl)C(C)=O)cc(OC)c1NC(=O)C(N=Nc1cccc(C(=O)Nc2ccccc2CCCl)c1Cl)C(C)=O. The predicted octanol–water partition coefficient (Wildman–Crippen LogP) is 10.4. The summed E-state index contributed by atoms with van der Waals surface area (Å²) in [5.41, 5.74) is 2.94. The number of benzene rings is 5. The average Bonchev–Trinajstić information content (AvgIpc) is 3.29. The Labute approximate surface area is 399 Å². The summed E-state index contributed by atoms with van der Waals surface area (Å²) in [5, 5.41) is 26.7. The molecule has 20 heteroatoms. The van der Waals surface area contributed by atoms with E-state index in [4.69, 9.17) is 55.9 Å². The second-order valence-corrected chi connectivity index (χ2v) is 15.6. The maximum atomic E-state index is 13.6. The number of carbonyl (C=O) groups excluding carboxylic acids is 6. The molecule has 0 saturated carbocycles. The number of rotatable bonds is 20. The number of ketones is 2. The molecule has 16 nitrogen and oxygen atoms in total. The predicted molar refractivity (Wildman–Crippen MR) is 255 cm³/mol. The third-order valence-corrected chi connectivity index (χ3v) is 10.7. The van der Waals surface area contributed by atoms with Crippen molar-refractivity contribution in [2.45, 2.75) is 38.8 Å². The zero-order valence-electron chi connectivity index (χ0n) is 35.8. The number of hydrogen-bond donors (Lipinski definition) is 4. The molecular weight excluding hydrogens is 934 g/mol. The summed E-state index contributed by atoms with van der Waals surface area (Å²) in [4.78, 5) is 79.0. The van der Waals surface area contributed by atoms with E-state index < -0.39 is 47.3 Å². The Hall–Kier alpha value is -6.72. The number of para-hydroxylation sites is 2. The van der Waals surface area contributed by atoms with Crippen molar-refractivity contribution < 1.29 is 38.2 Å². The summed E-state index contributed by atoms with van der Waals surface area (Å²) in [6.07, 6.45) is 1.05. The van der Waals surface area contributed by atoms with Crippen LogP contribution in [-0.2, 0) is 32.0 Å². The van der Waals surface area contributed by atoms with Crippen molar-refractivity contribution in [3.05, 3.63) is 129 Å². The first-order valence-electron chi connectivity index (χ1n) is 19.9. The standard InChI is InChI=1S/C46H42Cl4N8O8/c1-25(59)40(57-55-34-17-9-13-30(38(34)49)43(61)52-32-15-7-5-11-27(32)19-21-47)45(63)51-29-23-36(65-3)42(37(24-29)66-4)54-46(64)41(26(2)60)58-56-35-18-10-14-31(39(35)50)44(62)53-33-16-8-6-12-28(33)20-22-48/h5-18,23-24,40-41H,19-22H2,1-4H3,(H,51,63)(H,52,61)(H,53,62)(H,54,64). The van der Waals surface area contributed by atoms with Gasteiger partial charge in [0.2, 0.25) is 12.1 Å². The summed E-state index contributed by atoms with van der Waals surface area (Å²) < 4.78 is 11.0. The number of alkyl halides is 2. The molecule has 5 aromatic rings. The normalized spacial score (nSPS) is 12.0. The molecule has 0 aliphatic rings. The van der Waals surface area contributed by atoms with Crippen LogP contribution in [0, 0.1) is 0 Å². The molecule has 0 aliphatic carbocycles.